The van der Waals surface area contributed by atoms with Gasteiger partial charge in [0.2, 0.25) is 5.91 Å². The zero-order valence-electron chi connectivity index (χ0n) is 15.0. The first-order chi connectivity index (χ1) is 12.5. The molecule has 2 aromatic carbocycles. The van der Waals surface area contributed by atoms with E-state index < -0.39 is 0 Å². The maximum Gasteiger partial charge on any atom is 0.269 e. The average molecular weight is 372 g/mol. The first-order valence-electron chi connectivity index (χ1n) is 8.74. The van der Waals surface area contributed by atoms with E-state index in [1.54, 1.807) is 28.1 Å². The van der Waals surface area contributed by atoms with E-state index in [0.717, 1.165) is 17.7 Å². The number of amides is 2. The number of hydrogen-bond donors (Lipinski definition) is 1. The van der Waals surface area contributed by atoms with Gasteiger partial charge in [0.15, 0.2) is 0 Å². The molecular weight excluding hydrogens is 350 g/mol. The van der Waals surface area contributed by atoms with Crippen molar-refractivity contribution in [2.24, 2.45) is 0 Å². The van der Waals surface area contributed by atoms with E-state index in [-0.39, 0.29) is 11.8 Å². The molecule has 2 aromatic rings. The van der Waals surface area contributed by atoms with Crippen LogP contribution in [0.25, 0.3) is 0 Å². The van der Waals surface area contributed by atoms with Crippen molar-refractivity contribution in [2.75, 3.05) is 23.0 Å². The minimum absolute atomic E-state index is 0.0410. The Kier molecular flexibility index (Phi) is 5.47. The van der Waals surface area contributed by atoms with Crippen molar-refractivity contribution in [3.8, 4) is 0 Å². The highest BCUT2D eigenvalue weighted by Gasteiger charge is 2.24. The smallest absolute Gasteiger partial charge is 0.269 e. The third-order valence-corrected chi connectivity index (χ3v) is 4.79. The van der Waals surface area contributed by atoms with Gasteiger partial charge in [-0.2, -0.15) is 0 Å². The van der Waals surface area contributed by atoms with Crippen LogP contribution in [0, 0.1) is 6.92 Å². The fourth-order valence-corrected chi connectivity index (χ4v) is 3.22. The van der Waals surface area contributed by atoms with Crippen LogP contribution in [0.3, 0.4) is 0 Å². The average Bonchev–Trinajstić information content (AvgIpc) is 3.06. The molecular formula is C20H22ClN3O2. The quantitative estimate of drug-likeness (QED) is 0.810. The minimum atomic E-state index is -0.239. The minimum Gasteiger partial charge on any atom is -0.311 e. The molecule has 6 heteroatoms. The zero-order chi connectivity index (χ0) is 18.7. The molecule has 1 aliphatic heterocycles. The number of nitrogens with one attached hydrogen (secondary N) is 1. The molecule has 1 fully saturated rings. The highest BCUT2D eigenvalue weighted by atomic mass is 35.5. The normalized spacial score (nSPS) is 13.8. The van der Waals surface area contributed by atoms with Gasteiger partial charge in [0.25, 0.3) is 5.91 Å². The van der Waals surface area contributed by atoms with Crippen LogP contribution in [-0.4, -0.2) is 24.9 Å². The summed E-state index contributed by atoms with van der Waals surface area (Å²) in [5.41, 5.74) is 6.05. The van der Waals surface area contributed by atoms with Crippen LogP contribution < -0.4 is 15.3 Å². The Bertz CT molecular complexity index is 820. The highest BCUT2D eigenvalue weighted by Crippen LogP contribution is 2.30. The van der Waals surface area contributed by atoms with Crippen LogP contribution >= 0.6 is 11.6 Å². The molecule has 1 heterocycles. The second kappa shape index (κ2) is 7.79. The van der Waals surface area contributed by atoms with Crippen molar-refractivity contribution in [1.29, 1.82) is 0 Å². The summed E-state index contributed by atoms with van der Waals surface area (Å²) >= 11 is 6.25. The molecule has 1 N–H and O–H groups in total. The summed E-state index contributed by atoms with van der Waals surface area (Å²) in [4.78, 5) is 26.4. The van der Waals surface area contributed by atoms with Gasteiger partial charge in [0, 0.05) is 25.1 Å². The monoisotopic (exact) mass is 371 g/mol. The number of aryl methyl sites for hydroxylation is 1. The van der Waals surface area contributed by atoms with Crippen LogP contribution in [0.4, 0.5) is 11.4 Å². The van der Waals surface area contributed by atoms with E-state index in [0.29, 0.717) is 35.8 Å². The standard InChI is InChI=1S/C20H22ClN3O2/c1-3-24(16-9-6-14(2)7-10-16)22-20(26)15-8-11-17(21)18(13-15)23-12-4-5-19(23)25/h6-11,13H,3-5,12H2,1-2H3,(H,22,26). The van der Waals surface area contributed by atoms with Gasteiger partial charge in [-0.3, -0.25) is 20.0 Å². The van der Waals surface area contributed by atoms with Crippen molar-refractivity contribution in [2.45, 2.75) is 26.7 Å². The van der Waals surface area contributed by atoms with Crippen molar-refractivity contribution < 1.29 is 9.59 Å². The third kappa shape index (κ3) is 3.83. The zero-order valence-corrected chi connectivity index (χ0v) is 15.7. The Labute approximate surface area is 158 Å². The Balaban J connectivity index is 1.80. The molecule has 1 aliphatic rings. The molecule has 2 amide bonds. The molecule has 0 atom stereocenters. The lowest BCUT2D eigenvalue weighted by molar-refractivity contribution is -0.117. The summed E-state index contributed by atoms with van der Waals surface area (Å²) in [5.74, 6) is -0.198. The summed E-state index contributed by atoms with van der Waals surface area (Å²) in [6.07, 6.45) is 1.33. The van der Waals surface area contributed by atoms with Gasteiger partial charge in [0.1, 0.15) is 0 Å². The molecule has 136 valence electrons. The fourth-order valence-electron chi connectivity index (χ4n) is 3.00. The van der Waals surface area contributed by atoms with Crippen molar-refractivity contribution in [1.82, 2.24) is 5.43 Å². The number of hydrazine groups is 1. The van der Waals surface area contributed by atoms with Crippen LogP contribution in [-0.2, 0) is 4.79 Å². The first-order valence-corrected chi connectivity index (χ1v) is 9.12. The van der Waals surface area contributed by atoms with Crippen LogP contribution in [0.2, 0.25) is 5.02 Å². The largest absolute Gasteiger partial charge is 0.311 e. The van der Waals surface area contributed by atoms with Crippen LogP contribution in [0.15, 0.2) is 42.5 Å². The van der Waals surface area contributed by atoms with E-state index in [9.17, 15) is 9.59 Å². The van der Waals surface area contributed by atoms with E-state index in [2.05, 4.69) is 5.43 Å². The third-order valence-electron chi connectivity index (χ3n) is 4.47. The Hall–Kier alpha value is -2.53. The number of hydrogen-bond acceptors (Lipinski definition) is 3. The number of carbonyl (C=O) groups is 2. The second-order valence-electron chi connectivity index (χ2n) is 6.34. The Morgan fingerprint density at radius 1 is 1.23 bits per heavy atom. The molecule has 0 saturated carbocycles. The van der Waals surface area contributed by atoms with E-state index in [1.807, 2.05) is 38.1 Å². The summed E-state index contributed by atoms with van der Waals surface area (Å²) in [7, 11) is 0. The highest BCUT2D eigenvalue weighted by molar-refractivity contribution is 6.34. The van der Waals surface area contributed by atoms with E-state index >= 15 is 0 Å². The molecule has 26 heavy (non-hydrogen) atoms. The van der Waals surface area contributed by atoms with Gasteiger partial charge in [-0.25, -0.2) is 0 Å². The van der Waals surface area contributed by atoms with E-state index in [1.165, 1.54) is 0 Å². The number of rotatable bonds is 5. The lowest BCUT2D eigenvalue weighted by Gasteiger charge is -2.24. The Morgan fingerprint density at radius 3 is 2.58 bits per heavy atom. The van der Waals surface area contributed by atoms with Crippen molar-refractivity contribution in [3.63, 3.8) is 0 Å². The molecule has 0 aromatic heterocycles. The number of anilines is 2. The van der Waals surface area contributed by atoms with Crippen LogP contribution in [0.5, 0.6) is 0 Å². The number of benzene rings is 2. The summed E-state index contributed by atoms with van der Waals surface area (Å²) in [6, 6.07) is 13.0. The number of nitrogens with zero attached hydrogens (tertiary/aromatic N) is 2. The number of carbonyl (C=O) groups excluding carboxylic acids is 2. The molecule has 0 radical (unpaired) electrons. The van der Waals surface area contributed by atoms with Crippen molar-refractivity contribution in [3.05, 3.63) is 58.6 Å². The summed E-state index contributed by atoms with van der Waals surface area (Å²) < 4.78 is 0. The molecule has 0 unspecified atom stereocenters. The van der Waals surface area contributed by atoms with E-state index in [4.69, 9.17) is 11.6 Å². The first kappa shape index (κ1) is 18.3. The topological polar surface area (TPSA) is 52.7 Å². The molecule has 0 bridgehead atoms. The SMILES string of the molecule is CCN(NC(=O)c1ccc(Cl)c(N2CCCC2=O)c1)c1ccc(C)cc1. The van der Waals surface area contributed by atoms with Gasteiger partial charge in [-0.15, -0.1) is 0 Å². The van der Waals surface area contributed by atoms with Gasteiger partial charge in [0.05, 0.1) is 16.4 Å². The summed E-state index contributed by atoms with van der Waals surface area (Å²) in [6.45, 7) is 5.25. The molecule has 5 nitrogen and oxygen atoms in total. The molecule has 3 rings (SSSR count). The summed E-state index contributed by atoms with van der Waals surface area (Å²) in [5, 5.41) is 2.26. The fraction of sp³-hybridized carbons (Fsp3) is 0.300. The lowest BCUT2D eigenvalue weighted by Crippen LogP contribution is -2.42. The molecule has 0 aliphatic carbocycles. The number of halogens is 1. The van der Waals surface area contributed by atoms with Gasteiger partial charge >= 0.3 is 0 Å². The predicted molar refractivity (Wildman–Crippen MR) is 105 cm³/mol. The van der Waals surface area contributed by atoms with Crippen molar-refractivity contribution >= 4 is 34.8 Å². The predicted octanol–water partition coefficient (Wildman–Crippen LogP) is 3.95. The maximum absolute atomic E-state index is 12.7. The van der Waals surface area contributed by atoms with Gasteiger partial charge in [-0.1, -0.05) is 29.3 Å². The Morgan fingerprint density at radius 2 is 1.96 bits per heavy atom. The van der Waals surface area contributed by atoms with Gasteiger partial charge < -0.3 is 4.90 Å². The molecule has 1 saturated heterocycles. The maximum atomic E-state index is 12.7. The molecule has 0 spiro atoms. The lowest BCUT2D eigenvalue weighted by atomic mass is 10.1. The van der Waals surface area contributed by atoms with Crippen LogP contribution in [0.1, 0.15) is 35.7 Å². The van der Waals surface area contributed by atoms with Gasteiger partial charge in [-0.05, 0) is 50.6 Å². The second-order valence-corrected chi connectivity index (χ2v) is 6.74.